The minimum atomic E-state index is -3.32. The second-order valence-corrected chi connectivity index (χ2v) is 8.23. The highest BCUT2D eigenvalue weighted by Gasteiger charge is 2.32. The van der Waals surface area contributed by atoms with E-state index in [2.05, 4.69) is 0 Å². The molecule has 1 unspecified atom stereocenters. The quantitative estimate of drug-likeness (QED) is 0.871. The monoisotopic (exact) mass is 347 g/mol. The summed E-state index contributed by atoms with van der Waals surface area (Å²) < 4.78 is 26.6. The van der Waals surface area contributed by atoms with Crippen LogP contribution in [0, 0.1) is 0 Å². The number of aromatic hydroxyl groups is 2. The molecule has 0 spiro atoms. The molecule has 1 aliphatic heterocycles. The average Bonchev–Trinajstić information content (AvgIpc) is 3.05. The normalized spacial score (nSPS) is 18.8. The first kappa shape index (κ1) is 16.8. The molecule has 0 saturated carbocycles. The standard InChI is InChI=1S/C18H21NO4S/c20-16-6-7-17(18(21)12-16)15-8-10-19(13-15)24(22,23)11-9-14-4-2-1-3-5-14/h1-7,12,15,20-21H,8-11,13H2. The van der Waals surface area contributed by atoms with E-state index in [9.17, 15) is 18.6 Å². The molecule has 1 aliphatic rings. The second-order valence-electron chi connectivity index (χ2n) is 6.14. The molecule has 24 heavy (non-hydrogen) atoms. The lowest BCUT2D eigenvalue weighted by molar-refractivity contribution is 0.438. The van der Waals surface area contributed by atoms with E-state index in [-0.39, 0.29) is 23.2 Å². The Morgan fingerprint density at radius 2 is 1.83 bits per heavy atom. The van der Waals surface area contributed by atoms with Crippen molar-refractivity contribution in [1.82, 2.24) is 4.31 Å². The van der Waals surface area contributed by atoms with Gasteiger partial charge in [0.1, 0.15) is 11.5 Å². The maximum absolute atomic E-state index is 12.5. The molecule has 0 bridgehead atoms. The smallest absolute Gasteiger partial charge is 0.214 e. The maximum Gasteiger partial charge on any atom is 0.214 e. The zero-order valence-corrected chi connectivity index (χ0v) is 14.1. The molecular weight excluding hydrogens is 326 g/mol. The number of phenols is 2. The van der Waals surface area contributed by atoms with Crippen molar-refractivity contribution < 1.29 is 18.6 Å². The van der Waals surface area contributed by atoms with E-state index in [1.807, 2.05) is 30.3 Å². The van der Waals surface area contributed by atoms with Gasteiger partial charge < -0.3 is 10.2 Å². The summed E-state index contributed by atoms with van der Waals surface area (Å²) in [5, 5.41) is 19.3. The number of phenolic OH excluding ortho intramolecular Hbond substituents is 2. The molecule has 1 saturated heterocycles. The molecule has 0 amide bonds. The average molecular weight is 347 g/mol. The Bertz CT molecular complexity index is 805. The van der Waals surface area contributed by atoms with Crippen molar-refractivity contribution in [3.05, 3.63) is 59.7 Å². The van der Waals surface area contributed by atoms with E-state index in [1.54, 1.807) is 6.07 Å². The van der Waals surface area contributed by atoms with Crippen LogP contribution in [-0.2, 0) is 16.4 Å². The van der Waals surface area contributed by atoms with Crippen molar-refractivity contribution in [3.63, 3.8) is 0 Å². The van der Waals surface area contributed by atoms with Crippen LogP contribution in [0.1, 0.15) is 23.5 Å². The Morgan fingerprint density at radius 1 is 1.08 bits per heavy atom. The highest BCUT2D eigenvalue weighted by Crippen LogP contribution is 2.35. The van der Waals surface area contributed by atoms with Gasteiger partial charge in [-0.3, -0.25) is 0 Å². The van der Waals surface area contributed by atoms with Crippen molar-refractivity contribution in [2.45, 2.75) is 18.8 Å². The largest absolute Gasteiger partial charge is 0.508 e. The van der Waals surface area contributed by atoms with Gasteiger partial charge in [-0.2, -0.15) is 0 Å². The van der Waals surface area contributed by atoms with Crippen LogP contribution in [0.15, 0.2) is 48.5 Å². The Balaban J connectivity index is 1.65. The highest BCUT2D eigenvalue weighted by molar-refractivity contribution is 7.89. The van der Waals surface area contributed by atoms with Crippen molar-refractivity contribution in [1.29, 1.82) is 0 Å². The summed E-state index contributed by atoms with van der Waals surface area (Å²) in [5.41, 5.74) is 1.70. The van der Waals surface area contributed by atoms with Crippen LogP contribution < -0.4 is 0 Å². The summed E-state index contributed by atoms with van der Waals surface area (Å²) >= 11 is 0. The number of sulfonamides is 1. The molecule has 0 aliphatic carbocycles. The van der Waals surface area contributed by atoms with Gasteiger partial charge in [0.2, 0.25) is 10.0 Å². The van der Waals surface area contributed by atoms with Crippen molar-refractivity contribution in [2.24, 2.45) is 0 Å². The van der Waals surface area contributed by atoms with Gasteiger partial charge in [0.05, 0.1) is 5.75 Å². The molecule has 128 valence electrons. The van der Waals surface area contributed by atoms with Crippen molar-refractivity contribution >= 4 is 10.0 Å². The van der Waals surface area contributed by atoms with E-state index < -0.39 is 10.0 Å². The van der Waals surface area contributed by atoms with Crippen LogP contribution in [-0.4, -0.2) is 41.8 Å². The summed E-state index contributed by atoms with van der Waals surface area (Å²) in [4.78, 5) is 0. The molecule has 5 nitrogen and oxygen atoms in total. The minimum Gasteiger partial charge on any atom is -0.508 e. The summed E-state index contributed by atoms with van der Waals surface area (Å²) in [6.07, 6.45) is 1.16. The minimum absolute atomic E-state index is 0.00147. The lowest BCUT2D eigenvalue weighted by atomic mass is 9.97. The zero-order valence-electron chi connectivity index (χ0n) is 13.3. The van der Waals surface area contributed by atoms with Gasteiger partial charge in [-0.25, -0.2) is 12.7 Å². The Hall–Kier alpha value is -2.05. The van der Waals surface area contributed by atoms with Gasteiger partial charge in [-0.15, -0.1) is 0 Å². The van der Waals surface area contributed by atoms with Gasteiger partial charge in [0.15, 0.2) is 0 Å². The number of hydrogen-bond acceptors (Lipinski definition) is 4. The first-order chi connectivity index (χ1) is 11.5. The van der Waals surface area contributed by atoms with Crippen molar-refractivity contribution in [3.8, 4) is 11.5 Å². The highest BCUT2D eigenvalue weighted by atomic mass is 32.2. The third kappa shape index (κ3) is 3.71. The van der Waals surface area contributed by atoms with Gasteiger partial charge in [0, 0.05) is 25.1 Å². The number of aryl methyl sites for hydroxylation is 1. The molecule has 6 heteroatoms. The molecule has 1 atom stereocenters. The first-order valence-electron chi connectivity index (χ1n) is 7.99. The molecule has 2 aromatic carbocycles. The number of nitrogens with zero attached hydrogens (tertiary/aromatic N) is 1. The molecule has 1 fully saturated rings. The van der Waals surface area contributed by atoms with E-state index >= 15 is 0 Å². The lowest BCUT2D eigenvalue weighted by Crippen LogP contribution is -2.31. The predicted molar refractivity (Wildman–Crippen MR) is 92.6 cm³/mol. The first-order valence-corrected chi connectivity index (χ1v) is 9.60. The van der Waals surface area contributed by atoms with E-state index in [0.29, 0.717) is 31.5 Å². The number of hydrogen-bond donors (Lipinski definition) is 2. The fraction of sp³-hybridized carbons (Fsp3) is 0.333. The van der Waals surface area contributed by atoms with Crippen LogP contribution in [0.25, 0.3) is 0 Å². The Labute approximate surface area is 142 Å². The van der Waals surface area contributed by atoms with Crippen LogP contribution >= 0.6 is 0 Å². The fourth-order valence-electron chi connectivity index (χ4n) is 3.13. The third-order valence-electron chi connectivity index (χ3n) is 4.49. The Morgan fingerprint density at radius 3 is 2.54 bits per heavy atom. The lowest BCUT2D eigenvalue weighted by Gasteiger charge is -2.17. The third-order valence-corrected chi connectivity index (χ3v) is 6.33. The molecule has 2 aromatic rings. The van der Waals surface area contributed by atoms with Gasteiger partial charge in [0.25, 0.3) is 0 Å². The topological polar surface area (TPSA) is 77.8 Å². The van der Waals surface area contributed by atoms with Gasteiger partial charge >= 0.3 is 0 Å². The van der Waals surface area contributed by atoms with Crippen LogP contribution in [0.2, 0.25) is 0 Å². The summed E-state index contributed by atoms with van der Waals surface area (Å²) in [7, 11) is -3.32. The van der Waals surface area contributed by atoms with Crippen molar-refractivity contribution in [2.75, 3.05) is 18.8 Å². The molecular formula is C18H21NO4S. The number of benzene rings is 2. The van der Waals surface area contributed by atoms with Gasteiger partial charge in [-0.05, 0) is 30.0 Å². The number of rotatable bonds is 5. The zero-order chi connectivity index (χ0) is 17.2. The second kappa shape index (κ2) is 6.83. The molecule has 1 heterocycles. The van der Waals surface area contributed by atoms with Crippen LogP contribution in [0.5, 0.6) is 11.5 Å². The molecule has 0 aromatic heterocycles. The maximum atomic E-state index is 12.5. The summed E-state index contributed by atoms with van der Waals surface area (Å²) in [5.74, 6) is 0.0629. The van der Waals surface area contributed by atoms with E-state index in [0.717, 1.165) is 5.56 Å². The fourth-order valence-corrected chi connectivity index (χ4v) is 4.68. The summed E-state index contributed by atoms with van der Waals surface area (Å²) in [6.45, 7) is 0.831. The predicted octanol–water partition coefficient (Wildman–Crippen LogP) is 2.46. The SMILES string of the molecule is O=S(=O)(CCc1ccccc1)N1CCC(c2ccc(O)cc2O)C1. The molecule has 0 radical (unpaired) electrons. The van der Waals surface area contributed by atoms with Crippen LogP contribution in [0.4, 0.5) is 0 Å². The summed E-state index contributed by atoms with van der Waals surface area (Å²) in [6, 6.07) is 14.0. The molecule has 3 rings (SSSR count). The van der Waals surface area contributed by atoms with E-state index in [1.165, 1.54) is 16.4 Å². The molecule has 2 N–H and O–H groups in total. The van der Waals surface area contributed by atoms with E-state index in [4.69, 9.17) is 0 Å². The van der Waals surface area contributed by atoms with Gasteiger partial charge in [-0.1, -0.05) is 36.4 Å². The van der Waals surface area contributed by atoms with Crippen LogP contribution in [0.3, 0.4) is 0 Å². The Kier molecular flexibility index (Phi) is 4.78.